The molecule has 9 heteroatoms. The van der Waals surface area contributed by atoms with Crippen LogP contribution >= 0.6 is 11.3 Å². The summed E-state index contributed by atoms with van der Waals surface area (Å²) in [5.41, 5.74) is 3.16. The predicted molar refractivity (Wildman–Crippen MR) is 117 cm³/mol. The first kappa shape index (κ1) is 20.8. The van der Waals surface area contributed by atoms with Gasteiger partial charge in [0.1, 0.15) is 23.9 Å². The molecule has 1 amide bonds. The number of anilines is 1. The molecule has 0 aliphatic carbocycles. The fourth-order valence-electron chi connectivity index (χ4n) is 3.49. The Morgan fingerprint density at radius 1 is 1.23 bits per heavy atom. The predicted octanol–water partition coefficient (Wildman–Crippen LogP) is 4.44. The highest BCUT2D eigenvalue weighted by Crippen LogP contribution is 2.31. The molecule has 0 fully saturated rings. The Bertz CT molecular complexity index is 1270. The van der Waals surface area contributed by atoms with E-state index in [2.05, 4.69) is 10.3 Å². The Kier molecular flexibility index (Phi) is 5.60. The molecule has 4 aromatic rings. The number of rotatable bonds is 6. The Balaban J connectivity index is 1.63. The van der Waals surface area contributed by atoms with Gasteiger partial charge >= 0.3 is 5.97 Å². The van der Waals surface area contributed by atoms with E-state index in [1.807, 2.05) is 18.5 Å². The molecular weight excluding hydrogens is 419 g/mol. The molecule has 0 aliphatic rings. The molecular formula is C22H21FN4O3S. The van der Waals surface area contributed by atoms with Crippen LogP contribution in [0.15, 0.2) is 41.9 Å². The summed E-state index contributed by atoms with van der Waals surface area (Å²) in [6.07, 6.45) is 1.82. The Hall–Kier alpha value is -3.46. The van der Waals surface area contributed by atoms with Crippen LogP contribution in [0.3, 0.4) is 0 Å². The Morgan fingerprint density at radius 3 is 2.68 bits per heavy atom. The maximum absolute atomic E-state index is 13.4. The first-order valence-corrected chi connectivity index (χ1v) is 10.6. The van der Waals surface area contributed by atoms with E-state index in [4.69, 9.17) is 4.74 Å². The summed E-state index contributed by atoms with van der Waals surface area (Å²) in [5, 5.41) is 4.81. The van der Waals surface area contributed by atoms with E-state index in [0.717, 1.165) is 5.69 Å². The van der Waals surface area contributed by atoms with Gasteiger partial charge < -0.3 is 14.6 Å². The minimum Gasteiger partial charge on any atom is -0.462 e. The summed E-state index contributed by atoms with van der Waals surface area (Å²) in [4.78, 5) is 30.4. The first-order chi connectivity index (χ1) is 14.9. The van der Waals surface area contributed by atoms with Crippen molar-refractivity contribution in [2.75, 3.05) is 11.9 Å². The van der Waals surface area contributed by atoms with Gasteiger partial charge in [0.25, 0.3) is 0 Å². The maximum atomic E-state index is 13.4. The zero-order valence-electron chi connectivity index (χ0n) is 17.3. The molecule has 31 heavy (non-hydrogen) atoms. The lowest BCUT2D eigenvalue weighted by Crippen LogP contribution is -2.21. The second-order valence-corrected chi connectivity index (χ2v) is 7.88. The van der Waals surface area contributed by atoms with E-state index >= 15 is 0 Å². The normalized spacial score (nSPS) is 11.1. The van der Waals surface area contributed by atoms with Crippen LogP contribution in [0.4, 0.5) is 10.2 Å². The highest BCUT2D eigenvalue weighted by atomic mass is 32.1. The number of aromatic nitrogens is 3. The number of thiazole rings is 1. The molecule has 1 N–H and O–H groups in total. The van der Waals surface area contributed by atoms with Gasteiger partial charge in [0.15, 0.2) is 4.96 Å². The average molecular weight is 441 g/mol. The summed E-state index contributed by atoms with van der Waals surface area (Å²) in [7, 11) is 0. The number of carbonyl (C=O) groups excluding carboxylic acids is 2. The number of amides is 1. The van der Waals surface area contributed by atoms with Crippen molar-refractivity contribution in [2.45, 2.75) is 27.3 Å². The summed E-state index contributed by atoms with van der Waals surface area (Å²) in [5.74, 6) is -0.502. The highest BCUT2D eigenvalue weighted by Gasteiger charge is 2.21. The number of nitrogens with one attached hydrogen (secondary N) is 1. The van der Waals surface area contributed by atoms with Crippen LogP contribution < -0.4 is 5.32 Å². The molecule has 0 bridgehead atoms. The van der Waals surface area contributed by atoms with Crippen LogP contribution in [0.5, 0.6) is 0 Å². The number of fused-ring (bicyclic) bond motifs is 1. The second-order valence-electron chi connectivity index (χ2n) is 7.01. The quantitative estimate of drug-likeness (QED) is 0.450. The molecule has 0 radical (unpaired) electrons. The largest absolute Gasteiger partial charge is 0.462 e. The number of hydrogen-bond donors (Lipinski definition) is 1. The fourth-order valence-corrected chi connectivity index (χ4v) is 4.20. The van der Waals surface area contributed by atoms with Gasteiger partial charge in [-0.1, -0.05) is 0 Å². The van der Waals surface area contributed by atoms with E-state index in [-0.39, 0.29) is 24.9 Å². The summed E-state index contributed by atoms with van der Waals surface area (Å²) in [6, 6.07) is 7.70. The Labute approximate surface area is 182 Å². The van der Waals surface area contributed by atoms with Gasteiger partial charge in [0.05, 0.1) is 12.2 Å². The number of hydrogen-bond acceptors (Lipinski definition) is 5. The molecule has 1 aromatic carbocycles. The van der Waals surface area contributed by atoms with Crippen LogP contribution in [0.1, 0.15) is 28.7 Å². The number of nitrogens with zero attached hydrogens (tertiary/aromatic N) is 3. The molecule has 4 rings (SSSR count). The number of halogens is 1. The molecule has 0 saturated heterocycles. The minimum absolute atomic E-state index is 0.0251. The van der Waals surface area contributed by atoms with E-state index in [9.17, 15) is 14.0 Å². The van der Waals surface area contributed by atoms with Crippen LogP contribution in [0.25, 0.3) is 16.2 Å². The van der Waals surface area contributed by atoms with Crippen molar-refractivity contribution in [3.05, 3.63) is 64.7 Å². The van der Waals surface area contributed by atoms with Crippen molar-refractivity contribution in [3.8, 4) is 11.3 Å². The highest BCUT2D eigenvalue weighted by molar-refractivity contribution is 7.15. The van der Waals surface area contributed by atoms with Gasteiger partial charge in [-0.3, -0.25) is 9.20 Å². The third-order valence-electron chi connectivity index (χ3n) is 5.01. The van der Waals surface area contributed by atoms with Gasteiger partial charge in [-0.2, -0.15) is 0 Å². The minimum atomic E-state index is -0.406. The zero-order valence-corrected chi connectivity index (χ0v) is 18.1. The molecule has 0 atom stereocenters. The summed E-state index contributed by atoms with van der Waals surface area (Å²) < 4.78 is 22.0. The Morgan fingerprint density at radius 2 is 1.97 bits per heavy atom. The summed E-state index contributed by atoms with van der Waals surface area (Å²) >= 11 is 1.44. The van der Waals surface area contributed by atoms with Crippen LogP contribution in [0.2, 0.25) is 0 Å². The summed E-state index contributed by atoms with van der Waals surface area (Å²) in [6.45, 7) is 5.68. The van der Waals surface area contributed by atoms with E-state index < -0.39 is 5.97 Å². The lowest BCUT2D eigenvalue weighted by molar-refractivity contribution is -0.116. The molecule has 3 aromatic heterocycles. The van der Waals surface area contributed by atoms with E-state index in [0.29, 0.717) is 33.3 Å². The average Bonchev–Trinajstić information content (AvgIpc) is 3.40. The van der Waals surface area contributed by atoms with Gasteiger partial charge in [0, 0.05) is 28.5 Å². The van der Waals surface area contributed by atoms with Crippen molar-refractivity contribution in [2.24, 2.45) is 0 Å². The third kappa shape index (κ3) is 3.96. The molecule has 0 aliphatic heterocycles. The molecule has 3 heterocycles. The van der Waals surface area contributed by atoms with E-state index in [1.165, 1.54) is 23.5 Å². The van der Waals surface area contributed by atoms with Crippen molar-refractivity contribution in [1.29, 1.82) is 0 Å². The standard InChI is InChI=1S/C22H21FN4O3S/c1-4-30-21(29)17-11-13(2)27(14(17)3)12-18(28)24-20-19(15-5-7-16(23)8-6-15)25-22-26(20)9-10-31-22/h5-11H,4,12H2,1-3H3,(H,24,28). The fraction of sp³-hybridized carbons (Fsp3) is 0.227. The number of imidazole rings is 1. The van der Waals surface area contributed by atoms with Crippen molar-refractivity contribution in [3.63, 3.8) is 0 Å². The maximum Gasteiger partial charge on any atom is 0.339 e. The van der Waals surface area contributed by atoms with Crippen LogP contribution in [0, 0.1) is 19.7 Å². The second kappa shape index (κ2) is 8.35. The SMILES string of the molecule is CCOC(=O)c1cc(C)n(CC(=O)Nc2c(-c3ccc(F)cc3)nc3sccn23)c1C. The molecule has 7 nitrogen and oxygen atoms in total. The number of carbonyl (C=O) groups is 2. The van der Waals surface area contributed by atoms with Crippen molar-refractivity contribution < 1.29 is 18.7 Å². The third-order valence-corrected chi connectivity index (χ3v) is 5.76. The zero-order chi connectivity index (χ0) is 22.1. The van der Waals surface area contributed by atoms with Crippen LogP contribution in [-0.4, -0.2) is 32.4 Å². The molecule has 0 saturated carbocycles. The lowest BCUT2D eigenvalue weighted by Gasteiger charge is -2.11. The van der Waals surface area contributed by atoms with Crippen molar-refractivity contribution in [1.82, 2.24) is 14.0 Å². The molecule has 0 unspecified atom stereocenters. The van der Waals surface area contributed by atoms with Gasteiger partial charge in [-0.15, -0.1) is 11.3 Å². The van der Waals surface area contributed by atoms with Gasteiger partial charge in [-0.05, 0) is 51.1 Å². The topological polar surface area (TPSA) is 77.6 Å². The number of ether oxygens (including phenoxy) is 1. The van der Waals surface area contributed by atoms with Gasteiger partial charge in [-0.25, -0.2) is 14.2 Å². The first-order valence-electron chi connectivity index (χ1n) is 9.74. The van der Waals surface area contributed by atoms with Gasteiger partial charge in [0.2, 0.25) is 5.91 Å². The smallest absolute Gasteiger partial charge is 0.339 e. The number of esters is 1. The number of benzene rings is 1. The molecule has 160 valence electrons. The van der Waals surface area contributed by atoms with Crippen molar-refractivity contribution >= 4 is 34.0 Å². The molecule has 0 spiro atoms. The monoisotopic (exact) mass is 440 g/mol. The number of aryl methyl sites for hydroxylation is 1. The van der Waals surface area contributed by atoms with E-state index in [1.54, 1.807) is 41.0 Å². The van der Waals surface area contributed by atoms with Crippen LogP contribution in [-0.2, 0) is 16.1 Å². The lowest BCUT2D eigenvalue weighted by atomic mass is 10.1.